The zero-order valence-electron chi connectivity index (χ0n) is 16.8. The number of aliphatic hydroxyl groups excluding tert-OH is 3. The summed E-state index contributed by atoms with van der Waals surface area (Å²) in [5.74, 6) is -1.35. The minimum absolute atomic E-state index is 0. The van der Waals surface area contributed by atoms with Crippen LogP contribution < -0.4 is 0 Å². The van der Waals surface area contributed by atoms with Crippen LogP contribution in [-0.4, -0.2) is 55.4 Å². The van der Waals surface area contributed by atoms with E-state index in [4.69, 9.17) is 0 Å². The summed E-state index contributed by atoms with van der Waals surface area (Å²) < 4.78 is 0. The molecule has 4 N–H and O–H groups in total. The Balaban J connectivity index is 0.00000228. The molecule has 0 aliphatic carbocycles. The van der Waals surface area contributed by atoms with Crippen LogP contribution >= 0.6 is 0 Å². The van der Waals surface area contributed by atoms with Crippen molar-refractivity contribution in [3.63, 3.8) is 0 Å². The van der Waals surface area contributed by atoms with Gasteiger partial charge in [0.25, 0.3) is 0 Å². The summed E-state index contributed by atoms with van der Waals surface area (Å²) in [6.45, 7) is 0. The Morgan fingerprint density at radius 2 is 1.27 bits per heavy atom. The van der Waals surface area contributed by atoms with E-state index in [0.717, 1.165) is 11.4 Å². The van der Waals surface area contributed by atoms with Gasteiger partial charge in [0, 0.05) is 32.5 Å². The number of rotatable bonds is 0. The number of hydrogen-bond acceptors (Lipinski definition) is 7. The van der Waals surface area contributed by atoms with Crippen LogP contribution in [0.2, 0.25) is 0 Å². The normalized spacial score (nSPS) is 24.9. The van der Waals surface area contributed by atoms with Crippen molar-refractivity contribution in [2.75, 3.05) is 0 Å². The molecule has 0 amide bonds. The third-order valence-corrected chi connectivity index (χ3v) is 5.68. The molecule has 9 heteroatoms. The molecule has 6 heterocycles. The number of nitrogens with one attached hydrogen (secondary N) is 1. The molecule has 2 atom stereocenters. The Morgan fingerprint density at radius 1 is 0.727 bits per heavy atom. The van der Waals surface area contributed by atoms with E-state index < -0.39 is 23.8 Å². The van der Waals surface area contributed by atoms with Gasteiger partial charge in [-0.1, -0.05) is 0 Å². The average Bonchev–Trinajstić information content (AvgIpc) is 3.57. The summed E-state index contributed by atoms with van der Waals surface area (Å²) in [5.41, 5.74) is 4.40. The number of hydrogen-bond donors (Lipinski definition) is 4. The van der Waals surface area contributed by atoms with Gasteiger partial charge in [-0.3, -0.25) is 4.79 Å². The summed E-state index contributed by atoms with van der Waals surface area (Å²) in [6, 6.07) is 3.81. The van der Waals surface area contributed by atoms with Gasteiger partial charge in [0.15, 0.2) is 11.9 Å². The average molecular weight is 619 g/mol. The number of ketones is 1. The first-order chi connectivity index (χ1) is 15.5. The molecule has 0 saturated carbocycles. The number of aliphatic hydroxyl groups is 3. The number of aromatic amines is 1. The molecule has 5 aliphatic rings. The van der Waals surface area contributed by atoms with Gasteiger partial charge in [-0.15, -0.1) is 0 Å². The maximum atomic E-state index is 13.2. The molecule has 2 unspecified atom stereocenters. The van der Waals surface area contributed by atoms with Crippen molar-refractivity contribution in [3.8, 4) is 0 Å². The van der Waals surface area contributed by atoms with Crippen molar-refractivity contribution >= 4 is 35.1 Å². The maximum Gasteiger partial charge on any atom is 0.198 e. The first kappa shape index (κ1) is 21.4. The topological polar surface area (TPSA) is 131 Å². The smallest absolute Gasteiger partial charge is 0.198 e. The molecule has 8 nitrogen and oxygen atoms in total. The number of fused-ring (bicyclic) bond motifs is 6. The zero-order valence-corrected chi connectivity index (χ0v) is 19.1. The van der Waals surface area contributed by atoms with Gasteiger partial charge < -0.3 is 20.3 Å². The minimum atomic E-state index is -1.90. The molecule has 1 aromatic rings. The van der Waals surface area contributed by atoms with E-state index in [2.05, 4.69) is 20.0 Å². The number of allylic oxidation sites excluding steroid dienone is 7. The number of carbonyl (C=O) groups is 1. The van der Waals surface area contributed by atoms with E-state index in [1.807, 2.05) is 24.3 Å². The summed E-state index contributed by atoms with van der Waals surface area (Å²) >= 11 is 0. The molecule has 0 saturated heterocycles. The van der Waals surface area contributed by atoms with Crippen molar-refractivity contribution in [2.45, 2.75) is 12.2 Å². The van der Waals surface area contributed by atoms with E-state index in [-0.39, 0.29) is 32.2 Å². The first-order valence-corrected chi connectivity index (χ1v) is 9.99. The van der Waals surface area contributed by atoms with Gasteiger partial charge >= 0.3 is 0 Å². The Kier molecular flexibility index (Phi) is 5.09. The quantitative estimate of drug-likeness (QED) is 0.355. The van der Waals surface area contributed by atoms with Gasteiger partial charge in [0.1, 0.15) is 11.9 Å². The van der Waals surface area contributed by atoms with E-state index >= 15 is 0 Å². The van der Waals surface area contributed by atoms with Crippen molar-refractivity contribution in [3.05, 3.63) is 94.0 Å². The summed E-state index contributed by atoms with van der Waals surface area (Å²) in [4.78, 5) is 30.1. The number of carbonyl (C=O) groups excluding carboxylic acids is 1. The molecule has 0 aromatic carbocycles. The molecule has 33 heavy (non-hydrogen) atoms. The van der Waals surface area contributed by atoms with Crippen LogP contribution in [0.4, 0.5) is 0 Å². The SMILES string of the molecule is O=C1C2=C3C=CC(=N3)C(=C(O)C(O)C1O)C1=NC(=Cc3ccc([nH]3)C=C3C=CC2=N3)C=C1.[Pt]. The molecule has 166 valence electrons. The van der Waals surface area contributed by atoms with Gasteiger partial charge in [-0.05, 0) is 60.7 Å². The summed E-state index contributed by atoms with van der Waals surface area (Å²) in [6.07, 6.45) is 10.1. The standard InChI is InChI=1S/C24H16N4O4.Pt/c29-21-19-15-5-3-13(26-15)9-11-1-2-12(25-11)10-14-4-6-16(27-14)20(18-8-7-17(19)28-18)22(30)24(32)23(21)31;/h1-10,23-25,29,31-32H;. The summed E-state index contributed by atoms with van der Waals surface area (Å²) in [5, 5.41) is 32.2. The molecule has 10 bridgehead atoms. The molecule has 6 rings (SSSR count). The Bertz CT molecular complexity index is 1430. The van der Waals surface area contributed by atoms with Crippen LogP contribution in [0, 0.1) is 0 Å². The third-order valence-electron chi connectivity index (χ3n) is 5.68. The predicted molar refractivity (Wildman–Crippen MR) is 120 cm³/mol. The van der Waals surface area contributed by atoms with Gasteiger partial charge in [-0.2, -0.15) is 0 Å². The van der Waals surface area contributed by atoms with Crippen LogP contribution in [0.3, 0.4) is 0 Å². The molecule has 5 aliphatic heterocycles. The molecule has 0 radical (unpaired) electrons. The van der Waals surface area contributed by atoms with E-state index in [1.54, 1.807) is 36.5 Å². The van der Waals surface area contributed by atoms with Crippen LogP contribution in [0.15, 0.2) is 97.6 Å². The fraction of sp³-hybridized carbons (Fsp3) is 0.0833. The molecule has 0 spiro atoms. The number of H-pyrrole nitrogens is 1. The fourth-order valence-corrected chi connectivity index (χ4v) is 4.12. The maximum absolute atomic E-state index is 13.2. The Hall–Kier alpha value is -3.45. The fourth-order valence-electron chi connectivity index (χ4n) is 4.12. The van der Waals surface area contributed by atoms with E-state index in [1.165, 1.54) is 0 Å². The van der Waals surface area contributed by atoms with Crippen LogP contribution in [0.25, 0.3) is 12.2 Å². The van der Waals surface area contributed by atoms with Gasteiger partial charge in [0.05, 0.1) is 45.4 Å². The van der Waals surface area contributed by atoms with Gasteiger partial charge in [0.2, 0.25) is 0 Å². The summed E-state index contributed by atoms with van der Waals surface area (Å²) in [7, 11) is 0. The van der Waals surface area contributed by atoms with Crippen molar-refractivity contribution < 1.29 is 41.2 Å². The van der Waals surface area contributed by atoms with E-state index in [9.17, 15) is 20.1 Å². The number of Topliss-reactive ketones (excluding diaryl/α,β-unsaturated/α-hetero) is 1. The molecular formula is C24H16N4O4Pt. The van der Waals surface area contributed by atoms with Crippen molar-refractivity contribution in [2.24, 2.45) is 15.0 Å². The number of aromatic nitrogens is 1. The van der Waals surface area contributed by atoms with Crippen LogP contribution in [0.1, 0.15) is 11.4 Å². The second kappa shape index (κ2) is 7.85. The van der Waals surface area contributed by atoms with Crippen molar-refractivity contribution in [1.82, 2.24) is 4.98 Å². The predicted octanol–water partition coefficient (Wildman–Crippen LogP) is 2.11. The number of aliphatic imine (C=N–C) groups is 3. The number of nitrogens with zero attached hydrogens (tertiary/aromatic N) is 3. The van der Waals surface area contributed by atoms with Crippen LogP contribution in [-0.2, 0) is 25.9 Å². The largest absolute Gasteiger partial charge is 0.509 e. The Labute approximate surface area is 202 Å². The monoisotopic (exact) mass is 619 g/mol. The van der Waals surface area contributed by atoms with Gasteiger partial charge in [-0.25, -0.2) is 15.0 Å². The minimum Gasteiger partial charge on any atom is -0.509 e. The third kappa shape index (κ3) is 3.43. The van der Waals surface area contributed by atoms with Crippen LogP contribution in [0.5, 0.6) is 0 Å². The molecular weight excluding hydrogens is 603 g/mol. The zero-order chi connectivity index (χ0) is 22.0. The molecule has 1 aromatic heterocycles. The van der Waals surface area contributed by atoms with Crippen molar-refractivity contribution in [1.29, 1.82) is 0 Å². The first-order valence-electron chi connectivity index (χ1n) is 9.99. The second-order valence-corrected chi connectivity index (χ2v) is 7.77. The molecule has 0 fully saturated rings. The Morgan fingerprint density at radius 3 is 1.91 bits per heavy atom. The van der Waals surface area contributed by atoms with E-state index in [0.29, 0.717) is 34.2 Å². The second-order valence-electron chi connectivity index (χ2n) is 7.77.